The van der Waals surface area contributed by atoms with Crippen molar-refractivity contribution in [3.05, 3.63) is 66.2 Å². The van der Waals surface area contributed by atoms with E-state index >= 15 is 0 Å². The van der Waals surface area contributed by atoms with Crippen LogP contribution in [0.5, 0.6) is 0 Å². The molecule has 2 aromatic carbocycles. The van der Waals surface area contributed by atoms with E-state index in [1.165, 1.54) is 0 Å². The highest BCUT2D eigenvalue weighted by atomic mass is 32.2. The Bertz CT molecular complexity index is 947. The monoisotopic (exact) mass is 342 g/mol. The van der Waals surface area contributed by atoms with Crippen LogP contribution in [0.4, 0.5) is 5.69 Å². The number of aromatic nitrogens is 3. The van der Waals surface area contributed by atoms with Crippen LogP contribution in [0.25, 0.3) is 5.69 Å². The van der Waals surface area contributed by atoms with E-state index in [1.54, 1.807) is 41.2 Å². The Balaban J connectivity index is 1.88. The van der Waals surface area contributed by atoms with Gasteiger partial charge in [-0.25, -0.2) is 8.42 Å². The number of hydrogen-bond acceptors (Lipinski definition) is 4. The van der Waals surface area contributed by atoms with E-state index < -0.39 is 10.0 Å². The Morgan fingerprint density at radius 1 is 1.12 bits per heavy atom. The summed E-state index contributed by atoms with van der Waals surface area (Å²) in [5, 5.41) is 7.78. The summed E-state index contributed by atoms with van der Waals surface area (Å²) >= 11 is 0. The lowest BCUT2D eigenvalue weighted by atomic mass is 10.2. The van der Waals surface area contributed by atoms with Gasteiger partial charge in [-0.3, -0.25) is 9.29 Å². The number of sulfonamides is 1. The van der Waals surface area contributed by atoms with E-state index in [4.69, 9.17) is 0 Å². The molecule has 0 aliphatic rings. The van der Waals surface area contributed by atoms with Crippen molar-refractivity contribution in [3.8, 4) is 5.69 Å². The molecular weight excluding hydrogens is 324 g/mol. The molecule has 0 amide bonds. The lowest BCUT2D eigenvalue weighted by Gasteiger charge is -2.11. The first-order valence-electron chi connectivity index (χ1n) is 7.58. The van der Waals surface area contributed by atoms with Gasteiger partial charge < -0.3 is 0 Å². The fourth-order valence-electron chi connectivity index (χ4n) is 2.38. The quantitative estimate of drug-likeness (QED) is 0.773. The summed E-state index contributed by atoms with van der Waals surface area (Å²) in [5.74, 6) is 0.727. The maximum absolute atomic E-state index is 12.5. The molecule has 1 aromatic heterocycles. The number of hydrogen-bond donors (Lipinski definition) is 1. The number of benzene rings is 2. The zero-order valence-corrected chi connectivity index (χ0v) is 14.3. The third-order valence-corrected chi connectivity index (χ3v) is 5.13. The van der Waals surface area contributed by atoms with Crippen LogP contribution in [0.3, 0.4) is 0 Å². The molecule has 6 nitrogen and oxygen atoms in total. The molecule has 0 fully saturated rings. The lowest BCUT2D eigenvalue weighted by Crippen LogP contribution is -2.13. The number of anilines is 1. The van der Waals surface area contributed by atoms with Crippen molar-refractivity contribution in [1.29, 1.82) is 0 Å². The summed E-state index contributed by atoms with van der Waals surface area (Å²) in [5.41, 5.74) is 2.37. The second kappa shape index (κ2) is 6.45. The van der Waals surface area contributed by atoms with E-state index in [9.17, 15) is 8.42 Å². The van der Waals surface area contributed by atoms with Gasteiger partial charge in [0.25, 0.3) is 10.0 Å². The van der Waals surface area contributed by atoms with Crippen LogP contribution < -0.4 is 4.72 Å². The minimum absolute atomic E-state index is 0.241. The molecule has 0 atom stereocenters. The summed E-state index contributed by atoms with van der Waals surface area (Å²) in [4.78, 5) is 0.241. The molecule has 3 rings (SSSR count). The Morgan fingerprint density at radius 3 is 2.50 bits per heavy atom. The molecule has 0 unspecified atom stereocenters. The third-order valence-electron chi connectivity index (χ3n) is 3.74. The zero-order chi connectivity index (χ0) is 17.2. The average Bonchev–Trinajstić information content (AvgIpc) is 3.01. The Labute approximate surface area is 141 Å². The van der Waals surface area contributed by atoms with Gasteiger partial charge in [0.15, 0.2) is 0 Å². The van der Waals surface area contributed by atoms with Crippen LogP contribution >= 0.6 is 0 Å². The van der Waals surface area contributed by atoms with Gasteiger partial charge in [0, 0.05) is 0 Å². The number of nitrogens with one attached hydrogen (secondary N) is 1. The van der Waals surface area contributed by atoms with Crippen molar-refractivity contribution in [1.82, 2.24) is 14.8 Å². The van der Waals surface area contributed by atoms with E-state index in [1.807, 2.05) is 32.0 Å². The largest absolute Gasteiger partial charge is 0.286 e. The minimum Gasteiger partial charge on any atom is -0.286 e. The Morgan fingerprint density at radius 2 is 1.88 bits per heavy atom. The molecule has 1 N–H and O–H groups in total. The first-order valence-corrected chi connectivity index (χ1v) is 9.07. The average molecular weight is 342 g/mol. The first-order chi connectivity index (χ1) is 11.5. The van der Waals surface area contributed by atoms with Crippen LogP contribution in [0, 0.1) is 6.92 Å². The van der Waals surface area contributed by atoms with Crippen LogP contribution in [-0.2, 0) is 16.4 Å². The number of aryl methyl sites for hydroxylation is 2. The first kappa shape index (κ1) is 16.2. The van der Waals surface area contributed by atoms with Crippen LogP contribution in [0.1, 0.15) is 18.3 Å². The summed E-state index contributed by atoms with van der Waals surface area (Å²) in [6.07, 6.45) is 2.46. The lowest BCUT2D eigenvalue weighted by molar-refractivity contribution is 0.601. The highest BCUT2D eigenvalue weighted by Gasteiger charge is 2.14. The van der Waals surface area contributed by atoms with Crippen molar-refractivity contribution < 1.29 is 8.42 Å². The fraction of sp³-hybridized carbons (Fsp3) is 0.176. The van der Waals surface area contributed by atoms with Gasteiger partial charge >= 0.3 is 0 Å². The molecule has 1 heterocycles. The molecule has 0 radical (unpaired) electrons. The molecule has 0 spiro atoms. The number of rotatable bonds is 5. The standard InChI is InChI=1S/C17H18N4O2S/c1-3-14-7-9-17(10-8-14)24(22,23)20-15-5-4-6-16(11-15)21-12-18-19-13(21)2/h4-12,20H,3H2,1-2H3. The van der Waals surface area contributed by atoms with Crippen molar-refractivity contribution in [2.24, 2.45) is 0 Å². The second-order valence-corrected chi connectivity index (χ2v) is 7.08. The minimum atomic E-state index is -3.62. The Hall–Kier alpha value is -2.67. The molecule has 0 saturated heterocycles. The van der Waals surface area contributed by atoms with Crippen molar-refractivity contribution in [2.45, 2.75) is 25.2 Å². The normalized spacial score (nSPS) is 11.4. The summed E-state index contributed by atoms with van der Waals surface area (Å²) in [6, 6.07) is 14.0. The highest BCUT2D eigenvalue weighted by Crippen LogP contribution is 2.20. The zero-order valence-electron chi connectivity index (χ0n) is 13.5. The summed E-state index contributed by atoms with van der Waals surface area (Å²) in [7, 11) is -3.62. The van der Waals surface area contributed by atoms with Gasteiger partial charge in [-0.2, -0.15) is 0 Å². The molecule has 0 saturated carbocycles. The number of nitrogens with zero attached hydrogens (tertiary/aromatic N) is 3. The van der Waals surface area contributed by atoms with Crippen molar-refractivity contribution in [3.63, 3.8) is 0 Å². The molecule has 0 aliphatic carbocycles. The van der Waals surface area contributed by atoms with Gasteiger partial charge in [0.2, 0.25) is 0 Å². The van der Waals surface area contributed by atoms with E-state index in [-0.39, 0.29) is 4.90 Å². The topological polar surface area (TPSA) is 76.9 Å². The van der Waals surface area contributed by atoms with Crippen LogP contribution in [-0.4, -0.2) is 23.2 Å². The van der Waals surface area contributed by atoms with Gasteiger partial charge in [0.05, 0.1) is 16.3 Å². The maximum atomic E-state index is 12.5. The highest BCUT2D eigenvalue weighted by molar-refractivity contribution is 7.92. The predicted octanol–water partition coefficient (Wildman–Crippen LogP) is 2.94. The Kier molecular flexibility index (Phi) is 4.35. The van der Waals surface area contributed by atoms with Crippen LogP contribution in [0.2, 0.25) is 0 Å². The van der Waals surface area contributed by atoms with Gasteiger partial charge in [0.1, 0.15) is 12.2 Å². The van der Waals surface area contributed by atoms with Crippen molar-refractivity contribution >= 4 is 15.7 Å². The van der Waals surface area contributed by atoms with E-state index in [0.29, 0.717) is 5.69 Å². The molecule has 0 aliphatic heterocycles. The third kappa shape index (κ3) is 3.30. The molecular formula is C17H18N4O2S. The molecule has 0 bridgehead atoms. The smallest absolute Gasteiger partial charge is 0.261 e. The van der Waals surface area contributed by atoms with E-state index in [0.717, 1.165) is 23.5 Å². The second-order valence-electron chi connectivity index (χ2n) is 5.40. The van der Waals surface area contributed by atoms with Crippen molar-refractivity contribution in [2.75, 3.05) is 4.72 Å². The SMILES string of the molecule is CCc1ccc(S(=O)(=O)Nc2cccc(-n3cnnc3C)c2)cc1. The van der Waals surface area contributed by atoms with Crippen LogP contribution in [0.15, 0.2) is 59.8 Å². The van der Waals surface area contributed by atoms with Gasteiger partial charge in [-0.15, -0.1) is 10.2 Å². The molecule has 24 heavy (non-hydrogen) atoms. The molecule has 7 heteroatoms. The molecule has 3 aromatic rings. The maximum Gasteiger partial charge on any atom is 0.261 e. The fourth-order valence-corrected chi connectivity index (χ4v) is 3.43. The summed E-state index contributed by atoms with van der Waals surface area (Å²) < 4.78 is 29.4. The summed E-state index contributed by atoms with van der Waals surface area (Å²) in [6.45, 7) is 3.86. The van der Waals surface area contributed by atoms with E-state index in [2.05, 4.69) is 14.9 Å². The van der Waals surface area contributed by atoms with Gasteiger partial charge in [-0.05, 0) is 49.2 Å². The van der Waals surface area contributed by atoms with Gasteiger partial charge in [-0.1, -0.05) is 25.1 Å². The predicted molar refractivity (Wildman–Crippen MR) is 92.7 cm³/mol. The molecule has 124 valence electrons.